The number of hydrogen-bond acceptors (Lipinski definition) is 4. The zero-order chi connectivity index (χ0) is 41.5. The van der Waals surface area contributed by atoms with Gasteiger partial charge in [0.1, 0.15) is 19.6 Å². The summed E-state index contributed by atoms with van der Waals surface area (Å²) in [6, 6.07) is 12.2. The van der Waals surface area contributed by atoms with Gasteiger partial charge < -0.3 is 4.74 Å². The van der Waals surface area contributed by atoms with Crippen LogP contribution in [0.5, 0.6) is 5.75 Å². The third-order valence-corrected chi connectivity index (χ3v) is 8.43. The van der Waals surface area contributed by atoms with Crippen LogP contribution in [0.1, 0.15) is 117 Å². The molecule has 0 N–H and O–H groups in total. The normalized spacial score (nSPS) is 12.1. The molecule has 3 heterocycles. The number of ether oxygens (including phenoxy) is 1. The lowest BCUT2D eigenvalue weighted by Gasteiger charge is -2.21. The molecule has 4 nitrogen and oxygen atoms in total. The van der Waals surface area contributed by atoms with Crippen LogP contribution in [0.3, 0.4) is 0 Å². The van der Waals surface area contributed by atoms with Crippen molar-refractivity contribution < 1.29 is 31.1 Å². The summed E-state index contributed by atoms with van der Waals surface area (Å²) in [6.07, 6.45) is -4.88. The fraction of sp³-hybridized carbons (Fsp3) is 0.475. The highest BCUT2D eigenvalue weighted by atomic mass is 79.9. The van der Waals surface area contributed by atoms with E-state index < -0.39 is 23.3 Å². The van der Waals surface area contributed by atoms with Gasteiger partial charge in [0, 0.05) is 33.7 Å². The highest BCUT2D eigenvalue weighted by Gasteiger charge is 2.33. The molecule has 0 aliphatic heterocycles. The van der Waals surface area contributed by atoms with Crippen LogP contribution in [-0.4, -0.2) is 21.3 Å². The Morgan fingerprint density at radius 1 is 0.585 bits per heavy atom. The Morgan fingerprint density at radius 2 is 1.08 bits per heavy atom. The molecule has 0 saturated heterocycles. The Balaban J connectivity index is 0.000000356. The summed E-state index contributed by atoms with van der Waals surface area (Å²) in [5.74, 6) is -2.31. The summed E-state index contributed by atoms with van der Waals surface area (Å²) in [7, 11) is 0. The minimum Gasteiger partial charge on any atom is -0.403 e. The van der Waals surface area contributed by atoms with E-state index in [1.165, 1.54) is 35.9 Å². The molecule has 0 fully saturated rings. The lowest BCUT2D eigenvalue weighted by atomic mass is 9.86. The van der Waals surface area contributed by atoms with Gasteiger partial charge in [-0.25, -0.2) is 28.1 Å². The average molecular weight is 943 g/mol. The van der Waals surface area contributed by atoms with E-state index >= 15 is 0 Å². The number of benzene rings is 1. The summed E-state index contributed by atoms with van der Waals surface area (Å²) in [5, 5.41) is 0. The predicted octanol–water partition coefficient (Wildman–Crippen LogP) is 14.3. The molecular formula is C40H50Br3F6N3O. The number of halogens is 9. The van der Waals surface area contributed by atoms with Crippen LogP contribution in [0.15, 0.2) is 62.3 Å². The van der Waals surface area contributed by atoms with Crippen LogP contribution in [0.4, 0.5) is 26.3 Å². The smallest absolute Gasteiger partial charge is 0.403 e. The molecule has 1 aromatic carbocycles. The molecule has 0 radical (unpaired) electrons. The fourth-order valence-electron chi connectivity index (χ4n) is 4.47. The van der Waals surface area contributed by atoms with Crippen molar-refractivity contribution in [2.24, 2.45) is 0 Å². The monoisotopic (exact) mass is 939 g/mol. The SMILES string of the molecule is CC(C)(C)c1cc(F)cc(Br)n1.CC(C)(C)c1cccc(OC(F)(F)F)c1F.Cc1cc(Br)nc(C(C)(C)C)c1.Cc1cc(F)c(Br)nc1C(C)(C)C. The summed E-state index contributed by atoms with van der Waals surface area (Å²) in [4.78, 5) is 12.8. The number of aryl methyl sites for hydroxylation is 2. The van der Waals surface area contributed by atoms with Gasteiger partial charge in [0.05, 0.1) is 5.69 Å². The van der Waals surface area contributed by atoms with Crippen molar-refractivity contribution in [1.82, 2.24) is 15.0 Å². The fourth-order valence-corrected chi connectivity index (χ4v) is 5.72. The maximum Gasteiger partial charge on any atom is 0.573 e. The highest BCUT2D eigenvalue weighted by molar-refractivity contribution is 9.11. The van der Waals surface area contributed by atoms with Crippen LogP contribution in [0, 0.1) is 31.3 Å². The van der Waals surface area contributed by atoms with Crippen molar-refractivity contribution in [3.8, 4) is 5.75 Å². The molecule has 0 saturated carbocycles. The molecule has 0 unspecified atom stereocenters. The summed E-state index contributed by atoms with van der Waals surface area (Å²) in [6.45, 7) is 27.8. The first-order valence-electron chi connectivity index (χ1n) is 16.6. The molecule has 4 aromatic rings. The topological polar surface area (TPSA) is 47.9 Å². The zero-order valence-electron chi connectivity index (χ0n) is 32.8. The largest absolute Gasteiger partial charge is 0.573 e. The van der Waals surface area contributed by atoms with Gasteiger partial charge in [0.15, 0.2) is 17.4 Å². The molecular weight excluding hydrogens is 892 g/mol. The third-order valence-electron chi connectivity index (χ3n) is 7.07. The molecule has 0 bridgehead atoms. The van der Waals surface area contributed by atoms with E-state index in [1.807, 2.05) is 33.8 Å². The second-order valence-electron chi connectivity index (χ2n) is 16.4. The van der Waals surface area contributed by atoms with Crippen LogP contribution >= 0.6 is 47.8 Å². The second-order valence-corrected chi connectivity index (χ2v) is 18.8. The van der Waals surface area contributed by atoms with Gasteiger partial charge in [-0.15, -0.1) is 13.2 Å². The molecule has 53 heavy (non-hydrogen) atoms. The van der Waals surface area contributed by atoms with E-state index in [2.05, 4.69) is 122 Å². The standard InChI is InChI=1S/C11H12F4O.C10H13BrFN.C10H14BrN.C9H11BrFN/c1-10(2,3)7-5-4-6-8(9(7)12)16-11(13,14)15;1-6-5-7(12)9(11)13-8(6)10(2,3)4;1-7-5-8(10(2,3)4)12-9(11)6-7;1-9(2,3)7-4-6(11)5-8(10)12-7/h4-6H,1-3H3;5H,1-4H3;5-6H,1-4H3;4-5H,1-3H3. The van der Waals surface area contributed by atoms with E-state index in [9.17, 15) is 26.3 Å². The van der Waals surface area contributed by atoms with Gasteiger partial charge in [-0.05, 0) is 114 Å². The van der Waals surface area contributed by atoms with Crippen molar-refractivity contribution >= 4 is 47.8 Å². The van der Waals surface area contributed by atoms with E-state index in [4.69, 9.17) is 0 Å². The maximum atomic E-state index is 13.7. The van der Waals surface area contributed by atoms with E-state index in [1.54, 1.807) is 20.8 Å². The summed E-state index contributed by atoms with van der Waals surface area (Å²) < 4.78 is 80.8. The number of alkyl halides is 3. The van der Waals surface area contributed by atoms with E-state index in [0.29, 0.717) is 9.21 Å². The molecule has 0 spiro atoms. The molecule has 13 heteroatoms. The Hall–Kier alpha value is -2.51. The van der Waals surface area contributed by atoms with E-state index in [-0.39, 0.29) is 33.4 Å². The van der Waals surface area contributed by atoms with Gasteiger partial charge >= 0.3 is 6.36 Å². The lowest BCUT2D eigenvalue weighted by molar-refractivity contribution is -0.275. The number of hydrogen-bond donors (Lipinski definition) is 0. The first kappa shape index (κ1) is 48.5. The second kappa shape index (κ2) is 18.9. The Labute approximate surface area is 336 Å². The quantitative estimate of drug-likeness (QED) is 0.141. The van der Waals surface area contributed by atoms with Crippen LogP contribution < -0.4 is 4.74 Å². The first-order chi connectivity index (χ1) is 23.7. The molecule has 294 valence electrons. The third kappa shape index (κ3) is 17.2. The molecule has 0 aliphatic rings. The van der Waals surface area contributed by atoms with Crippen molar-refractivity contribution in [1.29, 1.82) is 0 Å². The minimum atomic E-state index is -4.88. The number of pyridine rings is 3. The van der Waals surface area contributed by atoms with Gasteiger partial charge in [-0.1, -0.05) is 95.2 Å². The van der Waals surface area contributed by atoms with Gasteiger partial charge in [0.25, 0.3) is 0 Å². The minimum absolute atomic E-state index is 0.0414. The number of nitrogens with zero attached hydrogens (tertiary/aromatic N) is 3. The molecule has 0 aliphatic carbocycles. The Kier molecular flexibility index (Phi) is 17.3. The maximum absolute atomic E-state index is 13.7. The Morgan fingerprint density at radius 3 is 1.49 bits per heavy atom. The van der Waals surface area contributed by atoms with Crippen molar-refractivity contribution in [2.45, 2.75) is 125 Å². The van der Waals surface area contributed by atoms with Crippen molar-refractivity contribution in [3.63, 3.8) is 0 Å². The van der Waals surface area contributed by atoms with Crippen molar-refractivity contribution in [3.05, 3.63) is 114 Å². The molecule has 4 rings (SSSR count). The van der Waals surface area contributed by atoms with Gasteiger partial charge in [-0.3, -0.25) is 0 Å². The van der Waals surface area contributed by atoms with Crippen LogP contribution in [0.25, 0.3) is 0 Å². The molecule has 0 atom stereocenters. The molecule has 0 amide bonds. The van der Waals surface area contributed by atoms with Crippen LogP contribution in [0.2, 0.25) is 0 Å². The van der Waals surface area contributed by atoms with Crippen LogP contribution in [-0.2, 0) is 21.7 Å². The number of rotatable bonds is 1. The zero-order valence-corrected chi connectivity index (χ0v) is 37.5. The summed E-state index contributed by atoms with van der Waals surface area (Å²) in [5.41, 5.74) is 4.57. The van der Waals surface area contributed by atoms with Crippen molar-refractivity contribution in [2.75, 3.05) is 0 Å². The van der Waals surface area contributed by atoms with Gasteiger partial charge in [0.2, 0.25) is 0 Å². The highest BCUT2D eigenvalue weighted by Crippen LogP contribution is 2.33. The van der Waals surface area contributed by atoms with Gasteiger partial charge in [-0.2, -0.15) is 0 Å². The van der Waals surface area contributed by atoms with E-state index in [0.717, 1.165) is 33.3 Å². The lowest BCUT2D eigenvalue weighted by Crippen LogP contribution is -2.20. The average Bonchev–Trinajstić information content (AvgIpc) is 2.93. The first-order valence-corrected chi connectivity index (χ1v) is 19.0. The molecule has 3 aromatic heterocycles. The summed E-state index contributed by atoms with van der Waals surface area (Å²) >= 11 is 9.64. The Bertz CT molecular complexity index is 1720. The number of aromatic nitrogens is 3. The predicted molar refractivity (Wildman–Crippen MR) is 213 cm³/mol.